The van der Waals surface area contributed by atoms with Crippen molar-refractivity contribution >= 4 is 81.7 Å². The van der Waals surface area contributed by atoms with Crippen molar-refractivity contribution < 1.29 is 0 Å². The van der Waals surface area contributed by atoms with Crippen LogP contribution >= 0.6 is 0 Å². The molecule has 0 saturated carbocycles. The van der Waals surface area contributed by atoms with E-state index in [9.17, 15) is 0 Å². The molecular weight excluding hydrogens is 735 g/mol. The van der Waals surface area contributed by atoms with Gasteiger partial charge in [-0.1, -0.05) is 206 Å². The minimum Gasteiger partial charge on any atom is -0.309 e. The van der Waals surface area contributed by atoms with Crippen LogP contribution in [0.25, 0.3) is 98.0 Å². The molecule has 0 aromatic heterocycles. The van der Waals surface area contributed by atoms with Gasteiger partial charge in [0.15, 0.2) is 0 Å². The molecule has 0 amide bonds. The molecule has 1 heteroatoms. The van der Waals surface area contributed by atoms with Gasteiger partial charge in [-0.3, -0.25) is 0 Å². The quantitative estimate of drug-likeness (QED) is 0.152. The molecule has 0 atom stereocenters. The molecule has 12 aromatic carbocycles. The lowest BCUT2D eigenvalue weighted by atomic mass is 9.89. The maximum Gasteiger partial charge on any atom is 0.0624 e. The Morgan fingerprint density at radius 2 is 0.656 bits per heavy atom. The third-order valence-electron chi connectivity index (χ3n) is 12.6. The van der Waals surface area contributed by atoms with Gasteiger partial charge >= 0.3 is 0 Å². The lowest BCUT2D eigenvalue weighted by molar-refractivity contribution is 1.30. The van der Waals surface area contributed by atoms with Crippen molar-refractivity contribution in [1.29, 1.82) is 0 Å². The predicted molar refractivity (Wildman–Crippen MR) is 262 cm³/mol. The van der Waals surface area contributed by atoms with Crippen LogP contribution in [0.4, 0.5) is 17.1 Å². The van der Waals surface area contributed by atoms with E-state index in [1.54, 1.807) is 0 Å². The van der Waals surface area contributed by atoms with E-state index in [0.29, 0.717) is 0 Å². The summed E-state index contributed by atoms with van der Waals surface area (Å²) in [5.74, 6) is 0. The Labute approximate surface area is 355 Å². The van der Waals surface area contributed by atoms with E-state index in [0.717, 1.165) is 17.1 Å². The molecule has 0 saturated heterocycles. The van der Waals surface area contributed by atoms with Gasteiger partial charge in [-0.2, -0.15) is 0 Å². The highest BCUT2D eigenvalue weighted by molar-refractivity contribution is 6.26. The number of hydrogen-bond acceptors (Lipinski definition) is 1. The summed E-state index contributed by atoms with van der Waals surface area (Å²) in [4.78, 5) is 2.48. The summed E-state index contributed by atoms with van der Waals surface area (Å²) < 4.78 is 0. The summed E-state index contributed by atoms with van der Waals surface area (Å²) in [5.41, 5.74) is 10.6. The van der Waals surface area contributed by atoms with E-state index in [1.807, 2.05) is 0 Å². The van der Waals surface area contributed by atoms with Crippen LogP contribution in [0.2, 0.25) is 0 Å². The predicted octanol–water partition coefficient (Wildman–Crippen LogP) is 17.1. The lowest BCUT2D eigenvalue weighted by Crippen LogP contribution is -2.12. The summed E-state index contributed by atoms with van der Waals surface area (Å²) in [6.07, 6.45) is 0. The molecule has 0 aliphatic carbocycles. The van der Waals surface area contributed by atoms with E-state index in [2.05, 4.69) is 241 Å². The Morgan fingerprint density at radius 1 is 0.230 bits per heavy atom. The normalized spacial score (nSPS) is 11.6. The van der Waals surface area contributed by atoms with Crippen LogP contribution in [-0.4, -0.2) is 0 Å². The van der Waals surface area contributed by atoms with Gasteiger partial charge in [0.1, 0.15) is 0 Å². The smallest absolute Gasteiger partial charge is 0.0624 e. The van der Waals surface area contributed by atoms with Crippen LogP contribution < -0.4 is 4.90 Å². The van der Waals surface area contributed by atoms with Gasteiger partial charge in [0.25, 0.3) is 0 Å². The van der Waals surface area contributed by atoms with Gasteiger partial charge in [0, 0.05) is 22.3 Å². The first-order valence-corrected chi connectivity index (χ1v) is 21.1. The Bertz CT molecular complexity index is 3580. The van der Waals surface area contributed by atoms with Gasteiger partial charge in [-0.25, -0.2) is 0 Å². The molecule has 61 heavy (non-hydrogen) atoms. The van der Waals surface area contributed by atoms with Gasteiger partial charge in [0.05, 0.1) is 5.69 Å². The molecule has 12 aromatic rings. The van der Waals surface area contributed by atoms with Crippen LogP contribution in [0.15, 0.2) is 237 Å². The zero-order chi connectivity index (χ0) is 40.3. The largest absolute Gasteiger partial charge is 0.309 e. The molecule has 12 rings (SSSR count). The van der Waals surface area contributed by atoms with Crippen molar-refractivity contribution in [3.63, 3.8) is 0 Å². The van der Waals surface area contributed by atoms with Crippen LogP contribution in [0.5, 0.6) is 0 Å². The van der Waals surface area contributed by atoms with E-state index in [4.69, 9.17) is 0 Å². The molecule has 0 heterocycles. The van der Waals surface area contributed by atoms with E-state index >= 15 is 0 Å². The number of rotatable bonds is 6. The van der Waals surface area contributed by atoms with Crippen molar-refractivity contribution in [2.45, 2.75) is 0 Å². The molecule has 0 aliphatic rings. The molecule has 284 valence electrons. The first kappa shape index (κ1) is 35.0. The van der Waals surface area contributed by atoms with Crippen molar-refractivity contribution in [2.75, 3.05) is 4.90 Å². The Kier molecular flexibility index (Phi) is 8.25. The SMILES string of the molecule is c1ccc(-c2c(N(c3ccc(-c4ccc5c6ccccc6c6ccccc6c5c4)cc3)c3ccc(-c4cccc5ccccc45)cc3)c3ccccc3c3ccccc23)cc1. The molecular formula is C60H39N. The first-order chi connectivity index (χ1) is 30.3. The highest BCUT2D eigenvalue weighted by Crippen LogP contribution is 2.50. The van der Waals surface area contributed by atoms with Crippen molar-refractivity contribution in [2.24, 2.45) is 0 Å². The molecule has 0 radical (unpaired) electrons. The fourth-order valence-electron chi connectivity index (χ4n) is 9.82. The summed E-state index contributed by atoms with van der Waals surface area (Å²) in [6, 6.07) is 86.8. The third-order valence-corrected chi connectivity index (χ3v) is 12.6. The summed E-state index contributed by atoms with van der Waals surface area (Å²) in [6.45, 7) is 0. The van der Waals surface area contributed by atoms with Crippen LogP contribution in [0.1, 0.15) is 0 Å². The summed E-state index contributed by atoms with van der Waals surface area (Å²) >= 11 is 0. The van der Waals surface area contributed by atoms with E-state index in [1.165, 1.54) is 98.0 Å². The highest BCUT2D eigenvalue weighted by Gasteiger charge is 2.24. The third kappa shape index (κ3) is 5.78. The lowest BCUT2D eigenvalue weighted by Gasteiger charge is -2.31. The molecule has 0 fully saturated rings. The van der Waals surface area contributed by atoms with Crippen LogP contribution in [0, 0.1) is 0 Å². The average molecular weight is 774 g/mol. The van der Waals surface area contributed by atoms with Gasteiger partial charge < -0.3 is 4.90 Å². The first-order valence-electron chi connectivity index (χ1n) is 21.1. The Hall–Kier alpha value is -8.00. The fraction of sp³-hybridized carbons (Fsp3) is 0. The van der Waals surface area contributed by atoms with Gasteiger partial charge in [-0.05, 0) is 117 Å². The Morgan fingerprint density at radius 3 is 1.28 bits per heavy atom. The van der Waals surface area contributed by atoms with Gasteiger partial charge in [-0.15, -0.1) is 0 Å². The van der Waals surface area contributed by atoms with Crippen molar-refractivity contribution in [3.05, 3.63) is 237 Å². The highest BCUT2D eigenvalue weighted by atomic mass is 15.1. The number of anilines is 3. The summed E-state index contributed by atoms with van der Waals surface area (Å²) in [7, 11) is 0. The average Bonchev–Trinajstić information content (AvgIpc) is 3.34. The number of nitrogens with zero attached hydrogens (tertiary/aromatic N) is 1. The molecule has 0 aliphatic heterocycles. The van der Waals surface area contributed by atoms with E-state index < -0.39 is 0 Å². The fourth-order valence-corrected chi connectivity index (χ4v) is 9.82. The van der Waals surface area contributed by atoms with Crippen molar-refractivity contribution in [3.8, 4) is 33.4 Å². The summed E-state index contributed by atoms with van der Waals surface area (Å²) in [5, 5.41) is 15.1. The molecule has 0 N–H and O–H groups in total. The van der Waals surface area contributed by atoms with E-state index in [-0.39, 0.29) is 0 Å². The number of fused-ring (bicyclic) bond motifs is 10. The Balaban J connectivity index is 1.07. The molecule has 0 spiro atoms. The molecule has 0 unspecified atom stereocenters. The molecule has 1 nitrogen and oxygen atoms in total. The second-order valence-corrected chi connectivity index (χ2v) is 16.0. The second-order valence-electron chi connectivity index (χ2n) is 16.0. The number of benzene rings is 12. The zero-order valence-electron chi connectivity index (χ0n) is 33.5. The number of hydrogen-bond donors (Lipinski definition) is 0. The maximum atomic E-state index is 2.48. The monoisotopic (exact) mass is 773 g/mol. The minimum atomic E-state index is 1.09. The molecule has 0 bridgehead atoms. The van der Waals surface area contributed by atoms with Crippen LogP contribution in [-0.2, 0) is 0 Å². The van der Waals surface area contributed by atoms with Gasteiger partial charge in [0.2, 0.25) is 0 Å². The topological polar surface area (TPSA) is 3.24 Å². The van der Waals surface area contributed by atoms with Crippen molar-refractivity contribution in [1.82, 2.24) is 0 Å². The second kappa shape index (κ2) is 14.4. The standard InChI is InChI=1S/C60H39N/c1-2-16-43(17-3-1)59-56-26-12-10-23-52(56)53-24-11-13-27-57(53)60(59)61(46-36-31-42(32-37-46)48-28-14-18-41-15-4-5-19-47(41)48)45-34-29-40(30-35-45)44-33-38-55-51-22-7-6-20-49(51)50-21-8-9-25-54(50)58(55)39-44/h1-39H. The maximum absolute atomic E-state index is 2.48. The zero-order valence-corrected chi connectivity index (χ0v) is 33.5. The minimum absolute atomic E-state index is 1.09. The van der Waals surface area contributed by atoms with Crippen LogP contribution in [0.3, 0.4) is 0 Å².